The fourth-order valence-corrected chi connectivity index (χ4v) is 2.84. The van der Waals surface area contributed by atoms with Gasteiger partial charge in [0.25, 0.3) is 0 Å². The first kappa shape index (κ1) is 13.9. The topological polar surface area (TPSA) is 24.9 Å². The average Bonchev–Trinajstić information content (AvgIpc) is 2.56. The number of hydrogen-bond donors (Lipinski definition) is 1. The molecule has 0 spiro atoms. The number of fused-ring (bicyclic) bond motifs is 1. The van der Waals surface area contributed by atoms with Crippen molar-refractivity contribution in [2.45, 2.75) is 11.4 Å². The van der Waals surface area contributed by atoms with Gasteiger partial charge in [-0.1, -0.05) is 43.0 Å². The third-order valence-electron chi connectivity index (χ3n) is 3.31. The largest absolute Gasteiger partial charge is 0.256 e. The van der Waals surface area contributed by atoms with Crippen molar-refractivity contribution in [2.75, 3.05) is 0 Å². The standard InChI is InChI=1S/C18H16N2S/c1-2-14-7-9-16(10-8-14)21-20-13-15-11-12-19-18-6-4-3-5-17(15)18/h2-12,20H,1,13H2. The summed E-state index contributed by atoms with van der Waals surface area (Å²) in [6, 6.07) is 18.6. The van der Waals surface area contributed by atoms with Crippen molar-refractivity contribution in [3.05, 3.63) is 78.5 Å². The highest BCUT2D eigenvalue weighted by molar-refractivity contribution is 7.97. The van der Waals surface area contributed by atoms with Crippen molar-refractivity contribution in [1.29, 1.82) is 0 Å². The van der Waals surface area contributed by atoms with Crippen LogP contribution < -0.4 is 4.72 Å². The summed E-state index contributed by atoms with van der Waals surface area (Å²) in [5.74, 6) is 0. The van der Waals surface area contributed by atoms with E-state index >= 15 is 0 Å². The van der Waals surface area contributed by atoms with E-state index in [9.17, 15) is 0 Å². The van der Waals surface area contributed by atoms with Crippen LogP contribution in [0.1, 0.15) is 11.1 Å². The second-order valence-electron chi connectivity index (χ2n) is 4.68. The number of benzene rings is 2. The predicted molar refractivity (Wildman–Crippen MR) is 91.0 cm³/mol. The third-order valence-corrected chi connectivity index (χ3v) is 4.10. The van der Waals surface area contributed by atoms with Crippen LogP contribution in [0, 0.1) is 0 Å². The third kappa shape index (κ3) is 3.32. The Hall–Kier alpha value is -2.10. The van der Waals surface area contributed by atoms with Crippen LogP contribution in [0.4, 0.5) is 0 Å². The van der Waals surface area contributed by atoms with Gasteiger partial charge in [0.05, 0.1) is 5.52 Å². The van der Waals surface area contributed by atoms with Crippen molar-refractivity contribution < 1.29 is 0 Å². The molecule has 0 saturated carbocycles. The summed E-state index contributed by atoms with van der Waals surface area (Å²) in [7, 11) is 0. The molecule has 1 aromatic heterocycles. The van der Waals surface area contributed by atoms with Crippen LogP contribution in [0.2, 0.25) is 0 Å². The number of nitrogens with zero attached hydrogens (tertiary/aromatic N) is 1. The molecular weight excluding hydrogens is 276 g/mol. The molecule has 0 saturated heterocycles. The first-order valence-corrected chi connectivity index (χ1v) is 7.63. The Kier molecular flexibility index (Phi) is 4.34. The molecule has 2 nitrogen and oxygen atoms in total. The van der Waals surface area contributed by atoms with E-state index in [4.69, 9.17) is 0 Å². The zero-order valence-corrected chi connectivity index (χ0v) is 12.4. The van der Waals surface area contributed by atoms with Gasteiger partial charge in [-0.25, -0.2) is 0 Å². The van der Waals surface area contributed by atoms with E-state index < -0.39 is 0 Å². The minimum atomic E-state index is 0.802. The Morgan fingerprint density at radius 3 is 2.67 bits per heavy atom. The zero-order chi connectivity index (χ0) is 14.5. The lowest BCUT2D eigenvalue weighted by Gasteiger charge is -2.07. The SMILES string of the molecule is C=Cc1ccc(SNCc2ccnc3ccccc23)cc1. The van der Waals surface area contributed by atoms with Crippen molar-refractivity contribution in [3.8, 4) is 0 Å². The van der Waals surface area contributed by atoms with Crippen molar-refractivity contribution in [2.24, 2.45) is 0 Å². The first-order valence-electron chi connectivity index (χ1n) is 6.81. The van der Waals surface area contributed by atoms with Crippen LogP contribution in [0.3, 0.4) is 0 Å². The van der Waals surface area contributed by atoms with Gasteiger partial charge in [-0.15, -0.1) is 0 Å². The quantitative estimate of drug-likeness (QED) is 0.691. The van der Waals surface area contributed by atoms with Gasteiger partial charge in [0, 0.05) is 23.0 Å². The molecule has 0 bridgehead atoms. The van der Waals surface area contributed by atoms with E-state index in [0.717, 1.165) is 17.6 Å². The first-order chi connectivity index (χ1) is 10.4. The van der Waals surface area contributed by atoms with Gasteiger partial charge in [-0.05, 0) is 47.3 Å². The minimum absolute atomic E-state index is 0.802. The van der Waals surface area contributed by atoms with Crippen molar-refractivity contribution >= 4 is 28.9 Å². The lowest BCUT2D eigenvalue weighted by molar-refractivity contribution is 0.982. The summed E-state index contributed by atoms with van der Waals surface area (Å²) in [4.78, 5) is 5.58. The number of para-hydroxylation sites is 1. The summed E-state index contributed by atoms with van der Waals surface area (Å²) < 4.78 is 3.41. The van der Waals surface area contributed by atoms with Gasteiger partial charge in [-0.2, -0.15) is 0 Å². The molecular formula is C18H16N2S. The zero-order valence-electron chi connectivity index (χ0n) is 11.6. The maximum absolute atomic E-state index is 4.38. The molecule has 0 aliphatic carbocycles. The molecule has 0 unspecified atom stereocenters. The summed E-state index contributed by atoms with van der Waals surface area (Å²) in [6.07, 6.45) is 3.72. The van der Waals surface area contributed by atoms with Gasteiger partial charge < -0.3 is 0 Å². The molecule has 3 aromatic rings. The normalized spacial score (nSPS) is 10.7. The minimum Gasteiger partial charge on any atom is -0.256 e. The molecule has 3 rings (SSSR count). The Morgan fingerprint density at radius 2 is 1.86 bits per heavy atom. The molecule has 0 atom stereocenters. The molecule has 21 heavy (non-hydrogen) atoms. The van der Waals surface area contributed by atoms with E-state index in [-0.39, 0.29) is 0 Å². The fourth-order valence-electron chi connectivity index (χ4n) is 2.18. The summed E-state index contributed by atoms with van der Waals surface area (Å²) in [5, 5.41) is 1.20. The summed E-state index contributed by atoms with van der Waals surface area (Å²) in [5.41, 5.74) is 3.44. The maximum atomic E-state index is 4.38. The van der Waals surface area contributed by atoms with Crippen LogP contribution in [0.15, 0.2) is 72.3 Å². The van der Waals surface area contributed by atoms with Gasteiger partial charge in [0.15, 0.2) is 0 Å². The van der Waals surface area contributed by atoms with Crippen molar-refractivity contribution in [1.82, 2.24) is 9.71 Å². The Balaban J connectivity index is 1.67. The molecule has 0 radical (unpaired) electrons. The highest BCUT2D eigenvalue weighted by atomic mass is 32.2. The number of hydrogen-bond acceptors (Lipinski definition) is 3. The predicted octanol–water partition coefficient (Wildman–Crippen LogP) is 4.67. The second kappa shape index (κ2) is 6.57. The average molecular weight is 292 g/mol. The highest BCUT2D eigenvalue weighted by Crippen LogP contribution is 2.19. The van der Waals surface area contributed by atoms with Crippen molar-refractivity contribution in [3.63, 3.8) is 0 Å². The van der Waals surface area contributed by atoms with E-state index in [1.807, 2.05) is 24.4 Å². The van der Waals surface area contributed by atoms with E-state index in [2.05, 4.69) is 58.7 Å². The Bertz CT molecular complexity index is 745. The van der Waals surface area contributed by atoms with Crippen LogP contribution in [-0.2, 0) is 6.54 Å². The smallest absolute Gasteiger partial charge is 0.0705 e. The highest BCUT2D eigenvalue weighted by Gasteiger charge is 2.01. The van der Waals surface area contributed by atoms with E-state index in [1.54, 1.807) is 11.9 Å². The lowest BCUT2D eigenvalue weighted by Crippen LogP contribution is -2.03. The molecule has 0 aliphatic rings. The molecule has 0 fully saturated rings. The van der Waals surface area contributed by atoms with Gasteiger partial charge in [0.1, 0.15) is 0 Å². The monoisotopic (exact) mass is 292 g/mol. The van der Waals surface area contributed by atoms with Gasteiger partial charge in [-0.3, -0.25) is 9.71 Å². The molecule has 104 valence electrons. The van der Waals surface area contributed by atoms with Gasteiger partial charge >= 0.3 is 0 Å². The van der Waals surface area contributed by atoms with Crippen LogP contribution in [0.25, 0.3) is 17.0 Å². The maximum Gasteiger partial charge on any atom is 0.0705 e. The number of pyridine rings is 1. The number of aromatic nitrogens is 1. The molecule has 1 heterocycles. The van der Waals surface area contributed by atoms with E-state index in [1.165, 1.54) is 15.8 Å². The molecule has 0 aliphatic heterocycles. The van der Waals surface area contributed by atoms with Crippen LogP contribution in [-0.4, -0.2) is 4.98 Å². The molecule has 2 aromatic carbocycles. The summed E-state index contributed by atoms with van der Waals surface area (Å²) >= 11 is 1.64. The molecule has 3 heteroatoms. The van der Waals surface area contributed by atoms with Crippen LogP contribution >= 0.6 is 11.9 Å². The molecule has 1 N–H and O–H groups in total. The summed E-state index contributed by atoms with van der Waals surface area (Å²) in [6.45, 7) is 4.57. The Labute approximate surface area is 129 Å². The number of nitrogens with one attached hydrogen (secondary N) is 1. The second-order valence-corrected chi connectivity index (χ2v) is 5.65. The van der Waals surface area contributed by atoms with Crippen LogP contribution in [0.5, 0.6) is 0 Å². The molecule has 0 amide bonds. The lowest BCUT2D eigenvalue weighted by atomic mass is 10.1. The van der Waals surface area contributed by atoms with E-state index in [0.29, 0.717) is 0 Å². The fraction of sp³-hybridized carbons (Fsp3) is 0.0556. The Morgan fingerprint density at radius 1 is 1.05 bits per heavy atom. The number of rotatable bonds is 5. The van der Waals surface area contributed by atoms with Gasteiger partial charge in [0.2, 0.25) is 0 Å².